The predicted molar refractivity (Wildman–Crippen MR) is 105 cm³/mol. The molecular formula is C18H20N2O4S2. The average molecular weight is 393 g/mol. The van der Waals surface area contributed by atoms with Crippen molar-refractivity contribution < 1.29 is 19.1 Å². The van der Waals surface area contributed by atoms with E-state index in [9.17, 15) is 14.4 Å². The summed E-state index contributed by atoms with van der Waals surface area (Å²) in [4.78, 5) is 36.2. The van der Waals surface area contributed by atoms with Crippen molar-refractivity contribution >= 4 is 45.9 Å². The van der Waals surface area contributed by atoms with Crippen LogP contribution in [0.3, 0.4) is 0 Å². The van der Waals surface area contributed by atoms with Crippen LogP contribution in [-0.2, 0) is 15.3 Å². The zero-order chi connectivity index (χ0) is 19.1. The van der Waals surface area contributed by atoms with E-state index in [0.717, 1.165) is 16.9 Å². The molecule has 0 saturated carbocycles. The highest BCUT2D eigenvalue weighted by Gasteiger charge is 2.25. The van der Waals surface area contributed by atoms with Crippen molar-refractivity contribution in [2.45, 2.75) is 19.6 Å². The molecule has 2 amide bonds. The van der Waals surface area contributed by atoms with E-state index >= 15 is 0 Å². The van der Waals surface area contributed by atoms with E-state index < -0.39 is 11.9 Å². The SMILES string of the molecule is CCOC(=O)c1c(NC(=O)CSCc2ccccc2)sc(C(N)=O)c1C. The Balaban J connectivity index is 2.07. The van der Waals surface area contributed by atoms with Gasteiger partial charge in [0.25, 0.3) is 5.91 Å². The fraction of sp³-hybridized carbons (Fsp3) is 0.278. The second kappa shape index (κ2) is 9.40. The number of thioether (sulfide) groups is 1. The molecule has 0 aliphatic carbocycles. The number of hydrogen-bond acceptors (Lipinski definition) is 6. The summed E-state index contributed by atoms with van der Waals surface area (Å²) in [5, 5.41) is 2.99. The van der Waals surface area contributed by atoms with Gasteiger partial charge in [0.05, 0.1) is 22.8 Å². The standard InChI is InChI=1S/C18H20N2O4S2/c1-3-24-18(23)14-11(2)15(16(19)22)26-17(14)20-13(21)10-25-9-12-7-5-4-6-8-12/h4-8H,3,9-10H2,1-2H3,(H2,19,22)(H,20,21). The molecule has 3 N–H and O–H groups in total. The molecule has 0 spiro atoms. The number of primary amides is 1. The monoisotopic (exact) mass is 392 g/mol. The summed E-state index contributed by atoms with van der Waals surface area (Å²) >= 11 is 2.45. The lowest BCUT2D eigenvalue weighted by atomic mass is 10.1. The van der Waals surface area contributed by atoms with Gasteiger partial charge in [0.1, 0.15) is 5.00 Å². The van der Waals surface area contributed by atoms with Gasteiger partial charge in [0.15, 0.2) is 0 Å². The Labute approximate surface area is 160 Å². The number of rotatable bonds is 8. The molecule has 0 fully saturated rings. The van der Waals surface area contributed by atoms with Gasteiger partial charge in [-0.05, 0) is 25.0 Å². The molecule has 138 valence electrons. The first kappa shape index (κ1) is 20.0. The van der Waals surface area contributed by atoms with Gasteiger partial charge in [-0.3, -0.25) is 9.59 Å². The molecule has 6 nitrogen and oxygen atoms in total. The van der Waals surface area contributed by atoms with Crippen LogP contribution in [0, 0.1) is 6.92 Å². The normalized spacial score (nSPS) is 10.4. The van der Waals surface area contributed by atoms with Crippen LogP contribution in [0.5, 0.6) is 0 Å². The van der Waals surface area contributed by atoms with Gasteiger partial charge >= 0.3 is 5.97 Å². The molecule has 0 unspecified atom stereocenters. The molecule has 0 saturated heterocycles. The molecule has 1 heterocycles. The molecule has 2 aromatic rings. The van der Waals surface area contributed by atoms with E-state index in [2.05, 4.69) is 5.32 Å². The van der Waals surface area contributed by atoms with E-state index in [4.69, 9.17) is 10.5 Å². The van der Waals surface area contributed by atoms with Crippen molar-refractivity contribution in [1.29, 1.82) is 0 Å². The number of benzene rings is 1. The van der Waals surface area contributed by atoms with Crippen molar-refractivity contribution in [1.82, 2.24) is 0 Å². The van der Waals surface area contributed by atoms with E-state index in [1.54, 1.807) is 13.8 Å². The Hall–Kier alpha value is -2.32. The molecule has 1 aromatic carbocycles. The van der Waals surface area contributed by atoms with Gasteiger partial charge in [-0.15, -0.1) is 23.1 Å². The smallest absolute Gasteiger partial charge is 0.341 e. The van der Waals surface area contributed by atoms with Crippen molar-refractivity contribution in [2.24, 2.45) is 5.73 Å². The Bertz CT molecular complexity index is 803. The lowest BCUT2D eigenvalue weighted by molar-refractivity contribution is -0.113. The van der Waals surface area contributed by atoms with E-state index in [1.165, 1.54) is 11.8 Å². The van der Waals surface area contributed by atoms with Crippen LogP contribution < -0.4 is 11.1 Å². The van der Waals surface area contributed by atoms with Crippen LogP contribution in [0.15, 0.2) is 30.3 Å². The third kappa shape index (κ3) is 5.09. The first-order valence-electron chi connectivity index (χ1n) is 7.95. The van der Waals surface area contributed by atoms with E-state index in [1.807, 2.05) is 30.3 Å². The fourth-order valence-corrected chi connectivity index (χ4v) is 4.14. The number of hydrogen-bond donors (Lipinski definition) is 2. The third-order valence-corrected chi connectivity index (χ3v) is 5.67. The minimum Gasteiger partial charge on any atom is -0.462 e. The summed E-state index contributed by atoms with van der Waals surface area (Å²) in [6, 6.07) is 9.81. The molecule has 1 aromatic heterocycles. The second-order valence-electron chi connectivity index (χ2n) is 5.37. The van der Waals surface area contributed by atoms with Crippen LogP contribution in [-0.4, -0.2) is 30.1 Å². The highest BCUT2D eigenvalue weighted by Crippen LogP contribution is 2.33. The molecule has 8 heteroatoms. The van der Waals surface area contributed by atoms with Gasteiger partial charge in [-0.25, -0.2) is 4.79 Å². The molecule has 26 heavy (non-hydrogen) atoms. The first-order chi connectivity index (χ1) is 12.4. The maximum Gasteiger partial charge on any atom is 0.341 e. The molecule has 2 rings (SSSR count). The Morgan fingerprint density at radius 2 is 1.92 bits per heavy atom. The fourth-order valence-electron chi connectivity index (χ4n) is 2.28. The summed E-state index contributed by atoms with van der Waals surface area (Å²) in [5.74, 6) is -0.554. The second-order valence-corrected chi connectivity index (χ2v) is 7.38. The number of carbonyl (C=O) groups is 3. The van der Waals surface area contributed by atoms with Gasteiger partial charge in [0, 0.05) is 5.75 Å². The van der Waals surface area contributed by atoms with Crippen LogP contribution in [0.1, 0.15) is 38.1 Å². The number of ether oxygens (including phenoxy) is 1. The lowest BCUT2D eigenvalue weighted by Gasteiger charge is -2.07. The van der Waals surface area contributed by atoms with Gasteiger partial charge in [-0.1, -0.05) is 30.3 Å². The molecule has 0 bridgehead atoms. The van der Waals surface area contributed by atoms with Gasteiger partial charge in [-0.2, -0.15) is 0 Å². The summed E-state index contributed by atoms with van der Waals surface area (Å²) in [7, 11) is 0. The maximum absolute atomic E-state index is 12.2. The lowest BCUT2D eigenvalue weighted by Crippen LogP contribution is -2.16. The summed E-state index contributed by atoms with van der Waals surface area (Å²) < 4.78 is 5.02. The van der Waals surface area contributed by atoms with Crippen molar-refractivity contribution in [3.05, 3.63) is 51.9 Å². The zero-order valence-electron chi connectivity index (χ0n) is 14.5. The molecule has 0 radical (unpaired) electrons. The maximum atomic E-state index is 12.2. The third-order valence-electron chi connectivity index (χ3n) is 3.45. The zero-order valence-corrected chi connectivity index (χ0v) is 16.2. The Kier molecular flexibility index (Phi) is 7.23. The number of anilines is 1. The van der Waals surface area contributed by atoms with Gasteiger partial charge < -0.3 is 15.8 Å². The Morgan fingerprint density at radius 1 is 1.23 bits per heavy atom. The number of esters is 1. The quantitative estimate of drug-likeness (QED) is 0.672. The number of amides is 2. The summed E-state index contributed by atoms with van der Waals surface area (Å²) in [6.07, 6.45) is 0. The predicted octanol–water partition coefficient (Wildman–Crippen LogP) is 3.20. The van der Waals surface area contributed by atoms with Crippen molar-refractivity contribution in [3.8, 4) is 0 Å². The van der Waals surface area contributed by atoms with E-state index in [0.29, 0.717) is 16.3 Å². The number of thiophene rings is 1. The largest absolute Gasteiger partial charge is 0.462 e. The summed E-state index contributed by atoms with van der Waals surface area (Å²) in [6.45, 7) is 3.50. The van der Waals surface area contributed by atoms with Crippen LogP contribution >= 0.6 is 23.1 Å². The summed E-state index contributed by atoms with van der Waals surface area (Å²) in [5.41, 5.74) is 7.09. The molecule has 0 aliphatic heterocycles. The minimum atomic E-state index is -0.642. The Morgan fingerprint density at radius 3 is 2.54 bits per heavy atom. The number of carbonyl (C=O) groups excluding carboxylic acids is 3. The first-order valence-corrected chi connectivity index (χ1v) is 9.93. The average Bonchev–Trinajstić information content (AvgIpc) is 2.92. The van der Waals surface area contributed by atoms with Crippen LogP contribution in [0.4, 0.5) is 5.00 Å². The topological polar surface area (TPSA) is 98.5 Å². The van der Waals surface area contributed by atoms with Crippen molar-refractivity contribution in [2.75, 3.05) is 17.7 Å². The van der Waals surface area contributed by atoms with Crippen LogP contribution in [0.2, 0.25) is 0 Å². The highest BCUT2D eigenvalue weighted by molar-refractivity contribution is 7.99. The van der Waals surface area contributed by atoms with Gasteiger partial charge in [0.2, 0.25) is 5.91 Å². The van der Waals surface area contributed by atoms with Crippen LogP contribution in [0.25, 0.3) is 0 Å². The molecule has 0 atom stereocenters. The minimum absolute atomic E-state index is 0.187. The van der Waals surface area contributed by atoms with Crippen molar-refractivity contribution in [3.63, 3.8) is 0 Å². The van der Waals surface area contributed by atoms with E-state index in [-0.39, 0.29) is 28.7 Å². The number of nitrogens with one attached hydrogen (secondary N) is 1. The molecule has 0 aliphatic rings. The number of nitrogens with two attached hydrogens (primary N) is 1. The highest BCUT2D eigenvalue weighted by atomic mass is 32.2. The molecular weight excluding hydrogens is 372 g/mol.